The van der Waals surface area contributed by atoms with Gasteiger partial charge >= 0.3 is 0 Å². The van der Waals surface area contributed by atoms with Crippen LogP contribution in [-0.4, -0.2) is 4.57 Å². The number of nitrogens with zero attached hydrogens (tertiary/aromatic N) is 1. The van der Waals surface area contributed by atoms with Gasteiger partial charge in [0.25, 0.3) is 0 Å². The minimum absolute atomic E-state index is 0.905. The molecule has 3 aromatic heterocycles. The van der Waals surface area contributed by atoms with E-state index in [2.05, 4.69) is 95.7 Å². The SMILES string of the molecule is c1ccc2c(c1)oc1c(-c3ccc4c(ccn4-c4cccc5c4oc4ccccc45)c3)cccc12. The van der Waals surface area contributed by atoms with Crippen molar-refractivity contribution in [2.45, 2.75) is 0 Å². The van der Waals surface area contributed by atoms with Gasteiger partial charge < -0.3 is 13.4 Å². The molecule has 0 bridgehead atoms. The fraction of sp³-hybridized carbons (Fsp3) is 0. The molecule has 3 nitrogen and oxygen atoms in total. The van der Waals surface area contributed by atoms with Crippen LogP contribution in [0.3, 0.4) is 0 Å². The van der Waals surface area contributed by atoms with Gasteiger partial charge in [-0.3, -0.25) is 0 Å². The summed E-state index contributed by atoms with van der Waals surface area (Å²) in [6, 6.07) is 37.9. The van der Waals surface area contributed by atoms with Crippen molar-refractivity contribution in [3.8, 4) is 16.8 Å². The Kier molecular flexibility index (Phi) is 3.66. The topological polar surface area (TPSA) is 31.2 Å². The number of fused-ring (bicyclic) bond motifs is 7. The van der Waals surface area contributed by atoms with Crippen LogP contribution in [0.1, 0.15) is 0 Å². The van der Waals surface area contributed by atoms with Crippen LogP contribution in [0.2, 0.25) is 0 Å². The zero-order valence-electron chi connectivity index (χ0n) is 18.7. The predicted molar refractivity (Wildman–Crippen MR) is 143 cm³/mol. The highest BCUT2D eigenvalue weighted by Gasteiger charge is 2.15. The normalized spacial score (nSPS) is 12.0. The smallest absolute Gasteiger partial charge is 0.159 e. The Morgan fingerprint density at radius 2 is 1.17 bits per heavy atom. The summed E-state index contributed by atoms with van der Waals surface area (Å²) in [7, 11) is 0. The molecule has 3 heterocycles. The Bertz CT molecular complexity index is 2070. The first-order chi connectivity index (χ1) is 17.3. The first-order valence-corrected chi connectivity index (χ1v) is 11.8. The molecule has 0 unspecified atom stereocenters. The van der Waals surface area contributed by atoms with E-state index >= 15 is 0 Å². The third-order valence-electron chi connectivity index (χ3n) is 7.05. The summed E-state index contributed by atoms with van der Waals surface area (Å²) in [4.78, 5) is 0. The van der Waals surface area contributed by atoms with E-state index in [0.29, 0.717) is 0 Å². The lowest BCUT2D eigenvalue weighted by Crippen LogP contribution is -1.92. The summed E-state index contributed by atoms with van der Waals surface area (Å²) in [5.74, 6) is 0. The van der Waals surface area contributed by atoms with E-state index in [9.17, 15) is 0 Å². The van der Waals surface area contributed by atoms with Crippen LogP contribution in [0.4, 0.5) is 0 Å². The number of furan rings is 2. The van der Waals surface area contributed by atoms with Gasteiger partial charge in [-0.15, -0.1) is 0 Å². The zero-order valence-corrected chi connectivity index (χ0v) is 18.7. The lowest BCUT2D eigenvalue weighted by atomic mass is 10.0. The maximum Gasteiger partial charge on any atom is 0.159 e. The van der Waals surface area contributed by atoms with Crippen molar-refractivity contribution < 1.29 is 8.83 Å². The summed E-state index contributed by atoms with van der Waals surface area (Å²) in [5, 5.41) is 5.74. The largest absolute Gasteiger partial charge is 0.455 e. The number of aromatic nitrogens is 1. The second kappa shape index (κ2) is 6.87. The zero-order chi connectivity index (χ0) is 22.9. The highest BCUT2D eigenvalue weighted by molar-refractivity contribution is 6.10. The molecule has 164 valence electrons. The molecule has 0 aliphatic heterocycles. The van der Waals surface area contributed by atoms with Gasteiger partial charge in [0.2, 0.25) is 0 Å². The van der Waals surface area contributed by atoms with Crippen molar-refractivity contribution in [3.63, 3.8) is 0 Å². The van der Waals surface area contributed by atoms with Crippen molar-refractivity contribution in [2.75, 3.05) is 0 Å². The van der Waals surface area contributed by atoms with Crippen molar-refractivity contribution in [1.29, 1.82) is 0 Å². The second-order valence-electron chi connectivity index (χ2n) is 8.99. The molecule has 0 saturated carbocycles. The number of hydrogen-bond donors (Lipinski definition) is 0. The van der Waals surface area contributed by atoms with Gasteiger partial charge in [0.1, 0.15) is 16.7 Å². The Labute approximate surface area is 200 Å². The van der Waals surface area contributed by atoms with Gasteiger partial charge in [-0.2, -0.15) is 0 Å². The molecule has 3 heteroatoms. The van der Waals surface area contributed by atoms with E-state index in [4.69, 9.17) is 8.83 Å². The summed E-state index contributed by atoms with van der Waals surface area (Å²) in [6.07, 6.45) is 2.12. The molecule has 5 aromatic carbocycles. The Morgan fingerprint density at radius 1 is 0.514 bits per heavy atom. The van der Waals surface area contributed by atoms with Crippen LogP contribution in [0.15, 0.2) is 124 Å². The van der Waals surface area contributed by atoms with E-state index in [1.54, 1.807) is 0 Å². The van der Waals surface area contributed by atoms with Crippen LogP contribution in [0, 0.1) is 0 Å². The van der Waals surface area contributed by atoms with Gasteiger partial charge in [0, 0.05) is 38.7 Å². The maximum absolute atomic E-state index is 6.29. The van der Waals surface area contributed by atoms with Crippen LogP contribution in [-0.2, 0) is 0 Å². The van der Waals surface area contributed by atoms with E-state index in [1.165, 1.54) is 5.39 Å². The Morgan fingerprint density at radius 3 is 1.97 bits per heavy atom. The molecule has 0 aliphatic rings. The molecule has 0 aliphatic carbocycles. The molecule has 0 atom stereocenters. The minimum atomic E-state index is 0.905. The number of hydrogen-bond acceptors (Lipinski definition) is 2. The van der Waals surface area contributed by atoms with E-state index in [-0.39, 0.29) is 0 Å². The molecule has 0 spiro atoms. The lowest BCUT2D eigenvalue weighted by Gasteiger charge is -2.08. The Hall–Kier alpha value is -4.76. The molecule has 0 fully saturated rings. The summed E-state index contributed by atoms with van der Waals surface area (Å²) in [6.45, 7) is 0. The van der Waals surface area contributed by atoms with Gasteiger partial charge in [0.05, 0.1) is 11.2 Å². The monoisotopic (exact) mass is 449 g/mol. The van der Waals surface area contributed by atoms with E-state index in [1.807, 2.05) is 24.3 Å². The first-order valence-electron chi connectivity index (χ1n) is 11.8. The number of para-hydroxylation sites is 4. The minimum Gasteiger partial charge on any atom is -0.455 e. The summed E-state index contributed by atoms with van der Waals surface area (Å²) in [5.41, 5.74) is 8.09. The van der Waals surface area contributed by atoms with Gasteiger partial charge in [-0.05, 0) is 42.0 Å². The fourth-order valence-electron chi connectivity index (χ4n) is 5.42. The van der Waals surface area contributed by atoms with Crippen molar-refractivity contribution in [3.05, 3.63) is 115 Å². The second-order valence-corrected chi connectivity index (χ2v) is 8.99. The molecule has 0 amide bonds. The molecule has 8 rings (SSSR count). The summed E-state index contributed by atoms with van der Waals surface area (Å²) < 4.78 is 14.8. The average Bonchev–Trinajstić information content (AvgIpc) is 3.61. The van der Waals surface area contributed by atoms with Gasteiger partial charge in [-0.1, -0.05) is 72.8 Å². The van der Waals surface area contributed by atoms with Crippen molar-refractivity contribution in [2.24, 2.45) is 0 Å². The first kappa shape index (κ1) is 18.6. The molecule has 8 aromatic rings. The third-order valence-corrected chi connectivity index (χ3v) is 7.05. The van der Waals surface area contributed by atoms with E-state index < -0.39 is 0 Å². The average molecular weight is 450 g/mol. The van der Waals surface area contributed by atoms with Crippen LogP contribution < -0.4 is 0 Å². The summed E-state index contributed by atoms with van der Waals surface area (Å²) >= 11 is 0. The van der Waals surface area contributed by atoms with Gasteiger partial charge in [-0.25, -0.2) is 0 Å². The van der Waals surface area contributed by atoms with Crippen LogP contribution in [0.25, 0.3) is 71.6 Å². The molecular formula is C32H19NO2. The lowest BCUT2D eigenvalue weighted by molar-refractivity contribution is 0.666. The number of benzene rings is 5. The predicted octanol–water partition coefficient (Wildman–Crippen LogP) is 9.10. The van der Waals surface area contributed by atoms with Crippen molar-refractivity contribution in [1.82, 2.24) is 4.57 Å². The maximum atomic E-state index is 6.29. The highest BCUT2D eigenvalue weighted by Crippen LogP contribution is 2.38. The molecule has 35 heavy (non-hydrogen) atoms. The fourth-order valence-corrected chi connectivity index (χ4v) is 5.42. The van der Waals surface area contributed by atoms with Crippen LogP contribution >= 0.6 is 0 Å². The molecule has 0 N–H and O–H groups in total. The standard InChI is InChI=1S/C32H19NO2/c1-3-13-29-23(7-1)25-10-5-9-22(31(25)34-29)20-15-16-27-21(19-20)17-18-33(27)28-12-6-11-26-24-8-2-4-14-30(24)35-32(26)28/h1-19H. The molecule has 0 radical (unpaired) electrons. The Balaban J connectivity index is 1.32. The number of rotatable bonds is 2. The highest BCUT2D eigenvalue weighted by atomic mass is 16.3. The van der Waals surface area contributed by atoms with Crippen LogP contribution in [0.5, 0.6) is 0 Å². The quantitative estimate of drug-likeness (QED) is 0.263. The third kappa shape index (κ3) is 2.61. The molecular weight excluding hydrogens is 430 g/mol. The molecule has 0 saturated heterocycles. The van der Waals surface area contributed by atoms with E-state index in [0.717, 1.165) is 66.2 Å². The van der Waals surface area contributed by atoms with Crippen molar-refractivity contribution >= 4 is 54.8 Å². The van der Waals surface area contributed by atoms with Gasteiger partial charge in [0.15, 0.2) is 5.58 Å².